The molecule has 3 aliphatic carbocycles. The largest absolute Gasteiger partial charge is 0.383 e. The molecule has 3 fully saturated rings. The summed E-state index contributed by atoms with van der Waals surface area (Å²) in [6.07, 6.45) is 7.52. The lowest BCUT2D eigenvalue weighted by Gasteiger charge is -2.14. The predicted octanol–water partition coefficient (Wildman–Crippen LogP) is 5.21. The van der Waals surface area contributed by atoms with Crippen LogP contribution in [0.15, 0.2) is 18.2 Å². The predicted molar refractivity (Wildman–Crippen MR) is 120 cm³/mol. The smallest absolute Gasteiger partial charge is 0.261 e. The van der Waals surface area contributed by atoms with Crippen molar-refractivity contribution < 1.29 is 9.18 Å². The molecule has 3 saturated carbocycles. The Hall–Kier alpha value is -1.73. The number of rotatable bonds is 5. The molecule has 1 aromatic heterocycles. The number of hydrogen-bond donors (Lipinski definition) is 2. The van der Waals surface area contributed by atoms with Gasteiger partial charge in [0.25, 0.3) is 5.91 Å². The summed E-state index contributed by atoms with van der Waals surface area (Å²) < 4.78 is 15.0. The Morgan fingerprint density at radius 1 is 1.23 bits per heavy atom. The number of anilines is 2. The van der Waals surface area contributed by atoms with Crippen LogP contribution in [0.1, 0.15) is 60.5 Å². The number of nitrogens with two attached hydrogens (primary N) is 1. The van der Waals surface area contributed by atoms with Crippen molar-refractivity contribution in [1.29, 1.82) is 0 Å². The van der Waals surface area contributed by atoms with Crippen LogP contribution < -0.4 is 11.1 Å². The van der Waals surface area contributed by atoms with Gasteiger partial charge in [-0.2, -0.15) is 16.9 Å². The lowest BCUT2D eigenvalue weighted by Crippen LogP contribution is -2.16. The Bertz CT molecular complexity index is 978. The SMILES string of the molecule is Cn1nc(C2CC3CC(SC4CC4)CC3C2)c(C(=O)Nc2ccc(F)c(Cl)c2)c1N. The van der Waals surface area contributed by atoms with E-state index in [-0.39, 0.29) is 16.8 Å². The van der Waals surface area contributed by atoms with Crippen LogP contribution in [0.5, 0.6) is 0 Å². The third-order valence-corrected chi connectivity index (χ3v) is 8.71. The first-order valence-electron chi connectivity index (χ1n) is 10.6. The maximum Gasteiger partial charge on any atom is 0.261 e. The molecule has 0 aliphatic heterocycles. The molecule has 1 amide bonds. The van der Waals surface area contributed by atoms with Gasteiger partial charge in [-0.3, -0.25) is 9.48 Å². The summed E-state index contributed by atoms with van der Waals surface area (Å²) in [5.41, 5.74) is 7.89. The van der Waals surface area contributed by atoms with Crippen LogP contribution in [0.25, 0.3) is 0 Å². The molecule has 2 aromatic rings. The number of carbonyl (C=O) groups is 1. The Balaban J connectivity index is 1.32. The van der Waals surface area contributed by atoms with Crippen LogP contribution in [-0.4, -0.2) is 26.2 Å². The van der Waals surface area contributed by atoms with Crippen molar-refractivity contribution >= 4 is 40.8 Å². The van der Waals surface area contributed by atoms with Gasteiger partial charge in [0.2, 0.25) is 0 Å². The molecule has 0 radical (unpaired) electrons. The van der Waals surface area contributed by atoms with Gasteiger partial charge >= 0.3 is 0 Å². The highest BCUT2D eigenvalue weighted by molar-refractivity contribution is 8.00. The van der Waals surface area contributed by atoms with Gasteiger partial charge in [-0.05, 0) is 68.6 Å². The van der Waals surface area contributed by atoms with Gasteiger partial charge in [-0.1, -0.05) is 11.6 Å². The molecule has 1 aromatic carbocycles. The average molecular weight is 449 g/mol. The molecule has 2 atom stereocenters. The Morgan fingerprint density at radius 2 is 1.93 bits per heavy atom. The number of fused-ring (bicyclic) bond motifs is 1. The molecule has 5 rings (SSSR count). The number of nitrogens with one attached hydrogen (secondary N) is 1. The fourth-order valence-electron chi connectivity index (χ4n) is 5.22. The summed E-state index contributed by atoms with van der Waals surface area (Å²) in [7, 11) is 1.77. The number of aryl methyl sites for hydroxylation is 1. The molecule has 2 unspecified atom stereocenters. The zero-order valence-electron chi connectivity index (χ0n) is 16.9. The van der Waals surface area contributed by atoms with E-state index in [4.69, 9.17) is 17.3 Å². The number of benzene rings is 1. The molecular weight excluding hydrogens is 423 g/mol. The molecule has 0 saturated heterocycles. The summed E-state index contributed by atoms with van der Waals surface area (Å²) in [6, 6.07) is 4.13. The van der Waals surface area contributed by atoms with E-state index in [9.17, 15) is 9.18 Å². The van der Waals surface area contributed by atoms with E-state index >= 15 is 0 Å². The first-order valence-corrected chi connectivity index (χ1v) is 11.9. The van der Waals surface area contributed by atoms with Crippen molar-refractivity contribution in [3.63, 3.8) is 0 Å². The minimum atomic E-state index is -0.521. The third kappa shape index (κ3) is 3.82. The standard InChI is InChI=1S/C22H26ClFN4OS/c1-28-21(25)19(22(29)26-14-2-5-18(24)17(23)10-14)20(27-28)13-6-11-8-16(9-12(11)7-13)30-15-3-4-15/h2,5,10-13,15-16H,3-4,6-9,25H2,1H3,(H,26,29). The van der Waals surface area contributed by atoms with E-state index in [2.05, 4.69) is 22.2 Å². The van der Waals surface area contributed by atoms with Crippen LogP contribution in [0, 0.1) is 17.7 Å². The van der Waals surface area contributed by atoms with Gasteiger partial charge in [-0.25, -0.2) is 4.39 Å². The lowest BCUT2D eigenvalue weighted by atomic mass is 9.96. The summed E-state index contributed by atoms with van der Waals surface area (Å²) in [5, 5.41) is 9.13. The number of aromatic nitrogens is 2. The van der Waals surface area contributed by atoms with E-state index in [0.717, 1.165) is 40.9 Å². The van der Waals surface area contributed by atoms with Crippen molar-refractivity contribution in [2.45, 2.75) is 54.9 Å². The number of hydrogen-bond acceptors (Lipinski definition) is 4. The summed E-state index contributed by atoms with van der Waals surface area (Å²) in [5.74, 6) is 1.22. The zero-order valence-corrected chi connectivity index (χ0v) is 18.5. The second-order valence-electron chi connectivity index (χ2n) is 8.97. The fourth-order valence-corrected chi connectivity index (χ4v) is 7.07. The van der Waals surface area contributed by atoms with Crippen molar-refractivity contribution in [1.82, 2.24) is 9.78 Å². The van der Waals surface area contributed by atoms with Crippen molar-refractivity contribution in [3.05, 3.63) is 40.3 Å². The highest BCUT2D eigenvalue weighted by atomic mass is 35.5. The van der Waals surface area contributed by atoms with Gasteiger partial charge in [-0.15, -0.1) is 0 Å². The highest BCUT2D eigenvalue weighted by Gasteiger charge is 2.45. The third-order valence-electron chi connectivity index (χ3n) is 6.79. The molecule has 5 nitrogen and oxygen atoms in total. The van der Waals surface area contributed by atoms with Gasteiger partial charge in [0.15, 0.2) is 0 Å². The molecule has 30 heavy (non-hydrogen) atoms. The van der Waals surface area contributed by atoms with E-state index in [1.807, 2.05) is 0 Å². The average Bonchev–Trinajstić information content (AvgIpc) is 3.18. The lowest BCUT2D eigenvalue weighted by molar-refractivity contribution is 0.102. The maximum absolute atomic E-state index is 13.4. The number of thioether (sulfide) groups is 1. The summed E-state index contributed by atoms with van der Waals surface area (Å²) in [4.78, 5) is 13.1. The van der Waals surface area contributed by atoms with Crippen LogP contribution in [0.3, 0.4) is 0 Å². The van der Waals surface area contributed by atoms with E-state index in [1.54, 1.807) is 11.7 Å². The molecule has 3 N–H and O–H groups in total. The number of nitrogen functional groups attached to an aromatic ring is 1. The number of halogens is 2. The van der Waals surface area contributed by atoms with Gasteiger partial charge in [0.1, 0.15) is 17.2 Å². The normalized spacial score (nSPS) is 28.0. The van der Waals surface area contributed by atoms with E-state index < -0.39 is 5.82 Å². The van der Waals surface area contributed by atoms with Gasteiger partial charge in [0.05, 0.1) is 10.7 Å². The van der Waals surface area contributed by atoms with Crippen LogP contribution >= 0.6 is 23.4 Å². The van der Waals surface area contributed by atoms with Crippen LogP contribution in [0.4, 0.5) is 15.9 Å². The molecule has 1 heterocycles. The van der Waals surface area contributed by atoms with Crippen molar-refractivity contribution in [2.24, 2.45) is 18.9 Å². The quantitative estimate of drug-likeness (QED) is 0.658. The number of amides is 1. The monoisotopic (exact) mass is 448 g/mol. The van der Waals surface area contributed by atoms with Crippen molar-refractivity contribution in [3.8, 4) is 0 Å². The zero-order chi connectivity index (χ0) is 21.0. The first kappa shape index (κ1) is 20.2. The molecular formula is C22H26ClFN4OS. The highest BCUT2D eigenvalue weighted by Crippen LogP contribution is 2.55. The Labute approximate surface area is 184 Å². The molecule has 8 heteroatoms. The molecule has 0 bridgehead atoms. The topological polar surface area (TPSA) is 72.9 Å². The van der Waals surface area contributed by atoms with Crippen molar-refractivity contribution in [2.75, 3.05) is 11.1 Å². The minimum Gasteiger partial charge on any atom is -0.383 e. The molecule has 3 aliphatic rings. The summed E-state index contributed by atoms with van der Waals surface area (Å²) >= 11 is 8.05. The second-order valence-corrected chi connectivity index (χ2v) is 11.0. The van der Waals surface area contributed by atoms with Gasteiger partial charge < -0.3 is 11.1 Å². The second kappa shape index (κ2) is 7.75. The van der Waals surface area contributed by atoms with E-state index in [1.165, 1.54) is 43.9 Å². The van der Waals surface area contributed by atoms with E-state index in [0.29, 0.717) is 17.1 Å². The first-order chi connectivity index (χ1) is 14.4. The van der Waals surface area contributed by atoms with Crippen LogP contribution in [0.2, 0.25) is 5.02 Å². The maximum atomic E-state index is 13.4. The Morgan fingerprint density at radius 3 is 2.57 bits per heavy atom. The fraction of sp³-hybridized carbons (Fsp3) is 0.545. The summed E-state index contributed by atoms with van der Waals surface area (Å²) in [6.45, 7) is 0. The van der Waals surface area contributed by atoms with Crippen LogP contribution in [-0.2, 0) is 7.05 Å². The number of carbonyl (C=O) groups excluding carboxylic acids is 1. The van der Waals surface area contributed by atoms with Gasteiger partial charge in [0, 0.05) is 29.2 Å². The number of nitrogens with zero attached hydrogens (tertiary/aromatic N) is 2. The minimum absolute atomic E-state index is 0.0329. The molecule has 0 spiro atoms. The molecule has 160 valence electrons. The Kier molecular flexibility index (Phi) is 5.22.